The van der Waals surface area contributed by atoms with Gasteiger partial charge < -0.3 is 19.3 Å². The zero-order valence-corrected chi connectivity index (χ0v) is 15.5. The molecule has 6 heteroatoms. The van der Waals surface area contributed by atoms with Gasteiger partial charge in [0.05, 0.1) is 14.2 Å². The van der Waals surface area contributed by atoms with Gasteiger partial charge in [-0.25, -0.2) is 0 Å². The maximum atomic E-state index is 12.7. The number of hydrogen-bond donors (Lipinski definition) is 0. The van der Waals surface area contributed by atoms with Crippen LogP contribution in [-0.4, -0.2) is 62.0 Å². The molecule has 6 nitrogen and oxygen atoms in total. The molecule has 1 aromatic rings. The molecule has 1 aromatic carbocycles. The normalized spacial score (nSPS) is 17.2. The molecule has 3 rings (SSSR count). The lowest BCUT2D eigenvalue weighted by atomic mass is 10.1. The first kappa shape index (κ1) is 18.3. The second-order valence-corrected chi connectivity index (χ2v) is 6.70. The average Bonchev–Trinajstić information content (AvgIpc) is 3.20. The summed E-state index contributed by atoms with van der Waals surface area (Å²) in [5.74, 6) is 1.17. The molecule has 2 fully saturated rings. The number of benzene rings is 1. The highest BCUT2D eigenvalue weighted by molar-refractivity contribution is 5.95. The Bertz CT molecular complexity index is 698. The van der Waals surface area contributed by atoms with Gasteiger partial charge in [-0.3, -0.25) is 9.59 Å². The molecule has 1 heterocycles. The van der Waals surface area contributed by atoms with Crippen LogP contribution >= 0.6 is 0 Å². The third-order valence-corrected chi connectivity index (χ3v) is 5.08. The van der Waals surface area contributed by atoms with Crippen molar-refractivity contribution < 1.29 is 19.1 Å². The summed E-state index contributed by atoms with van der Waals surface area (Å²) in [4.78, 5) is 28.7. The fourth-order valence-corrected chi connectivity index (χ4v) is 3.52. The van der Waals surface area contributed by atoms with E-state index in [9.17, 15) is 9.59 Å². The summed E-state index contributed by atoms with van der Waals surface area (Å²) in [7, 11) is 3.12. The molecule has 1 aliphatic heterocycles. The van der Waals surface area contributed by atoms with Crippen LogP contribution in [0.15, 0.2) is 29.8 Å². The van der Waals surface area contributed by atoms with Crippen molar-refractivity contribution in [1.29, 1.82) is 0 Å². The average molecular weight is 358 g/mol. The van der Waals surface area contributed by atoms with Crippen LogP contribution in [0.4, 0.5) is 0 Å². The number of rotatable bonds is 4. The third-order valence-electron chi connectivity index (χ3n) is 5.08. The highest BCUT2D eigenvalue weighted by atomic mass is 16.5. The van der Waals surface area contributed by atoms with E-state index >= 15 is 0 Å². The fourth-order valence-electron chi connectivity index (χ4n) is 3.52. The minimum atomic E-state index is -0.0489. The molecule has 2 aliphatic rings. The van der Waals surface area contributed by atoms with Crippen molar-refractivity contribution >= 4 is 11.8 Å². The molecule has 0 bridgehead atoms. The number of piperazine rings is 1. The minimum Gasteiger partial charge on any atom is -0.493 e. The zero-order valence-electron chi connectivity index (χ0n) is 15.5. The molecule has 140 valence electrons. The van der Waals surface area contributed by atoms with Crippen LogP contribution in [0.2, 0.25) is 0 Å². The number of hydrogen-bond acceptors (Lipinski definition) is 4. The number of nitrogens with zero attached hydrogens (tertiary/aromatic N) is 2. The van der Waals surface area contributed by atoms with Crippen LogP contribution in [0.1, 0.15) is 36.0 Å². The monoisotopic (exact) mass is 358 g/mol. The first-order valence-corrected chi connectivity index (χ1v) is 9.12. The molecule has 1 aliphatic carbocycles. The highest BCUT2D eigenvalue weighted by Crippen LogP contribution is 2.28. The maximum absolute atomic E-state index is 12.7. The lowest BCUT2D eigenvalue weighted by Crippen LogP contribution is -2.50. The van der Waals surface area contributed by atoms with Crippen molar-refractivity contribution in [2.45, 2.75) is 25.7 Å². The van der Waals surface area contributed by atoms with Crippen molar-refractivity contribution in [2.75, 3.05) is 40.4 Å². The number of allylic oxidation sites excluding steroid dienone is 1. The van der Waals surface area contributed by atoms with Crippen LogP contribution in [0.3, 0.4) is 0 Å². The van der Waals surface area contributed by atoms with Crippen LogP contribution in [0.5, 0.6) is 11.5 Å². The van der Waals surface area contributed by atoms with Gasteiger partial charge in [0.25, 0.3) is 5.91 Å². The Kier molecular flexibility index (Phi) is 5.81. The van der Waals surface area contributed by atoms with Crippen LogP contribution in [0, 0.1) is 0 Å². The van der Waals surface area contributed by atoms with E-state index in [0.29, 0.717) is 43.2 Å². The van der Waals surface area contributed by atoms with Crippen molar-refractivity contribution in [2.24, 2.45) is 0 Å². The Morgan fingerprint density at radius 2 is 1.54 bits per heavy atom. The van der Waals surface area contributed by atoms with Gasteiger partial charge in [0.15, 0.2) is 11.5 Å². The van der Waals surface area contributed by atoms with Gasteiger partial charge in [-0.1, -0.05) is 5.57 Å². The Labute approximate surface area is 154 Å². The molecule has 0 unspecified atom stereocenters. The summed E-state index contributed by atoms with van der Waals surface area (Å²) in [6.07, 6.45) is 6.27. The van der Waals surface area contributed by atoms with E-state index < -0.39 is 0 Å². The fraction of sp³-hybridized carbons (Fsp3) is 0.500. The lowest BCUT2D eigenvalue weighted by Gasteiger charge is -2.34. The number of carbonyl (C=O) groups is 2. The summed E-state index contributed by atoms with van der Waals surface area (Å²) in [5.41, 5.74) is 1.83. The molecule has 0 N–H and O–H groups in total. The van der Waals surface area contributed by atoms with Gasteiger partial charge >= 0.3 is 0 Å². The second kappa shape index (κ2) is 8.25. The summed E-state index contributed by atoms with van der Waals surface area (Å²) in [5, 5.41) is 0. The quantitative estimate of drug-likeness (QED) is 0.776. The molecule has 0 atom stereocenters. The van der Waals surface area contributed by atoms with Gasteiger partial charge in [0, 0.05) is 37.8 Å². The molecule has 1 saturated heterocycles. The largest absolute Gasteiger partial charge is 0.493 e. The summed E-state index contributed by atoms with van der Waals surface area (Å²) >= 11 is 0. The van der Waals surface area contributed by atoms with Crippen molar-refractivity contribution in [1.82, 2.24) is 9.80 Å². The predicted molar refractivity (Wildman–Crippen MR) is 98.6 cm³/mol. The van der Waals surface area contributed by atoms with Crippen molar-refractivity contribution in [3.8, 4) is 11.5 Å². The minimum absolute atomic E-state index is 0.0489. The highest BCUT2D eigenvalue weighted by Gasteiger charge is 2.25. The van der Waals surface area contributed by atoms with E-state index in [1.165, 1.54) is 18.4 Å². The molecular formula is C20H26N2O4. The van der Waals surface area contributed by atoms with Crippen LogP contribution in [-0.2, 0) is 4.79 Å². The van der Waals surface area contributed by atoms with Gasteiger partial charge in [-0.05, 0) is 43.9 Å². The Hall–Kier alpha value is -2.50. The van der Waals surface area contributed by atoms with E-state index in [-0.39, 0.29) is 11.8 Å². The van der Waals surface area contributed by atoms with E-state index in [2.05, 4.69) is 0 Å². The van der Waals surface area contributed by atoms with E-state index in [1.807, 2.05) is 4.90 Å². The summed E-state index contributed by atoms with van der Waals surface area (Å²) in [6.45, 7) is 2.23. The molecule has 26 heavy (non-hydrogen) atoms. The number of carbonyl (C=O) groups excluding carboxylic acids is 2. The van der Waals surface area contributed by atoms with Gasteiger partial charge in [-0.15, -0.1) is 0 Å². The molecule has 2 amide bonds. The number of methoxy groups -OCH3 is 2. The summed E-state index contributed by atoms with van der Waals surface area (Å²) in [6, 6.07) is 5.18. The van der Waals surface area contributed by atoms with Crippen molar-refractivity contribution in [3.05, 3.63) is 35.4 Å². The first-order chi connectivity index (χ1) is 12.6. The third kappa shape index (κ3) is 4.00. The van der Waals surface area contributed by atoms with Crippen molar-refractivity contribution in [3.63, 3.8) is 0 Å². The number of ether oxygens (including phenoxy) is 2. The Balaban J connectivity index is 1.60. The smallest absolute Gasteiger partial charge is 0.254 e. The molecule has 1 saturated carbocycles. The van der Waals surface area contributed by atoms with Gasteiger partial charge in [0.1, 0.15) is 0 Å². The Morgan fingerprint density at radius 1 is 0.923 bits per heavy atom. The topological polar surface area (TPSA) is 59.1 Å². The molecular weight excluding hydrogens is 332 g/mol. The molecule has 0 spiro atoms. The lowest BCUT2D eigenvalue weighted by molar-refractivity contribution is -0.127. The van der Waals surface area contributed by atoms with Gasteiger partial charge in [-0.2, -0.15) is 0 Å². The van der Waals surface area contributed by atoms with E-state index in [4.69, 9.17) is 9.47 Å². The van der Waals surface area contributed by atoms with E-state index in [0.717, 1.165) is 12.8 Å². The van der Waals surface area contributed by atoms with Gasteiger partial charge in [0.2, 0.25) is 5.91 Å². The molecule has 0 aromatic heterocycles. The molecule has 0 radical (unpaired) electrons. The van der Waals surface area contributed by atoms with Crippen LogP contribution < -0.4 is 9.47 Å². The maximum Gasteiger partial charge on any atom is 0.254 e. The SMILES string of the molecule is COc1ccc(C(=O)N2CCN(C(=O)C=C3CCCC3)CC2)cc1OC. The van der Waals surface area contributed by atoms with Crippen LogP contribution in [0.25, 0.3) is 0 Å². The summed E-state index contributed by atoms with van der Waals surface area (Å²) < 4.78 is 10.5. The predicted octanol–water partition coefficient (Wildman–Crippen LogP) is 2.49. The zero-order chi connectivity index (χ0) is 18.5. The van der Waals surface area contributed by atoms with E-state index in [1.54, 1.807) is 43.4 Å². The number of amides is 2. The first-order valence-electron chi connectivity index (χ1n) is 9.12. The second-order valence-electron chi connectivity index (χ2n) is 6.70. The Morgan fingerprint density at radius 3 is 2.15 bits per heavy atom. The standard InChI is InChI=1S/C20H26N2O4/c1-25-17-8-7-16(14-18(17)26-2)20(24)22-11-9-21(10-12-22)19(23)13-15-5-3-4-6-15/h7-8,13-14H,3-6,9-12H2,1-2H3.